The SMILES string of the molecule is O=C1CCCc2nc(Nc3cccc(C(F)(F)F)c3)nc(Nc3ccc(Cl)c(Cl)c3)c21. The van der Waals surface area contributed by atoms with Gasteiger partial charge in [0.25, 0.3) is 0 Å². The van der Waals surface area contributed by atoms with E-state index in [1.807, 2.05) is 0 Å². The number of benzene rings is 2. The zero-order chi connectivity index (χ0) is 22.2. The average molecular weight is 467 g/mol. The van der Waals surface area contributed by atoms with Gasteiger partial charge in [0.2, 0.25) is 5.95 Å². The van der Waals surface area contributed by atoms with Crippen LogP contribution in [0.15, 0.2) is 42.5 Å². The first-order chi connectivity index (χ1) is 14.7. The summed E-state index contributed by atoms with van der Waals surface area (Å²) in [7, 11) is 0. The van der Waals surface area contributed by atoms with Crippen molar-refractivity contribution in [2.75, 3.05) is 10.6 Å². The predicted octanol–water partition coefficient (Wildman–Crippen LogP) is 6.81. The van der Waals surface area contributed by atoms with Gasteiger partial charge >= 0.3 is 6.18 Å². The molecule has 0 saturated heterocycles. The van der Waals surface area contributed by atoms with E-state index in [2.05, 4.69) is 20.6 Å². The highest BCUT2D eigenvalue weighted by Gasteiger charge is 2.30. The number of anilines is 4. The Hall–Kier alpha value is -2.84. The van der Waals surface area contributed by atoms with Gasteiger partial charge < -0.3 is 10.6 Å². The Labute approximate surface area is 185 Å². The normalized spacial score (nSPS) is 13.6. The Bertz CT molecular complexity index is 1170. The minimum Gasteiger partial charge on any atom is -0.339 e. The van der Waals surface area contributed by atoms with E-state index in [0.29, 0.717) is 46.3 Å². The first kappa shape index (κ1) is 21.4. The third-order valence-corrected chi connectivity index (χ3v) is 5.45. The number of fused-ring (bicyclic) bond motifs is 1. The summed E-state index contributed by atoms with van der Waals surface area (Å²) in [5, 5.41) is 6.56. The van der Waals surface area contributed by atoms with Crippen LogP contribution in [0.1, 0.15) is 34.5 Å². The van der Waals surface area contributed by atoms with E-state index < -0.39 is 11.7 Å². The van der Waals surface area contributed by atoms with Gasteiger partial charge in [0.15, 0.2) is 5.78 Å². The van der Waals surface area contributed by atoms with E-state index >= 15 is 0 Å². The summed E-state index contributed by atoms with van der Waals surface area (Å²) < 4.78 is 39.0. The number of carbonyl (C=O) groups excluding carboxylic acids is 1. The van der Waals surface area contributed by atoms with Gasteiger partial charge in [-0.15, -0.1) is 0 Å². The van der Waals surface area contributed by atoms with Crippen molar-refractivity contribution in [3.05, 3.63) is 69.3 Å². The summed E-state index contributed by atoms with van der Waals surface area (Å²) in [4.78, 5) is 21.3. The average Bonchev–Trinajstić information content (AvgIpc) is 2.70. The van der Waals surface area contributed by atoms with Gasteiger partial charge in [-0.25, -0.2) is 4.98 Å². The maximum Gasteiger partial charge on any atom is 0.416 e. The molecule has 1 heterocycles. The van der Waals surface area contributed by atoms with Crippen LogP contribution in [0.5, 0.6) is 0 Å². The molecule has 0 bridgehead atoms. The number of ketones is 1. The highest BCUT2D eigenvalue weighted by atomic mass is 35.5. The van der Waals surface area contributed by atoms with Crippen LogP contribution in [-0.4, -0.2) is 15.8 Å². The Morgan fingerprint density at radius 1 is 0.903 bits per heavy atom. The molecule has 31 heavy (non-hydrogen) atoms. The molecule has 0 saturated carbocycles. The number of Topliss-reactive ketones (excluding diaryl/α,β-unsaturated/α-hetero) is 1. The van der Waals surface area contributed by atoms with Crippen molar-refractivity contribution in [1.82, 2.24) is 9.97 Å². The molecule has 160 valence electrons. The van der Waals surface area contributed by atoms with Crippen molar-refractivity contribution in [2.24, 2.45) is 0 Å². The lowest BCUT2D eigenvalue weighted by Gasteiger charge is -2.19. The second-order valence-electron chi connectivity index (χ2n) is 6.95. The molecule has 3 aromatic rings. The van der Waals surface area contributed by atoms with Gasteiger partial charge in [0.05, 0.1) is 26.9 Å². The quantitative estimate of drug-likeness (QED) is 0.442. The zero-order valence-electron chi connectivity index (χ0n) is 15.9. The minimum atomic E-state index is -4.47. The number of aryl methyl sites for hydroxylation is 1. The number of halogens is 5. The number of alkyl halides is 3. The van der Waals surface area contributed by atoms with Crippen LogP contribution in [0.25, 0.3) is 0 Å². The molecular formula is C21H15Cl2F3N4O. The van der Waals surface area contributed by atoms with Crippen molar-refractivity contribution in [2.45, 2.75) is 25.4 Å². The maximum absolute atomic E-state index is 13.0. The number of aromatic nitrogens is 2. The van der Waals surface area contributed by atoms with Crippen molar-refractivity contribution in [3.8, 4) is 0 Å². The van der Waals surface area contributed by atoms with E-state index in [9.17, 15) is 18.0 Å². The van der Waals surface area contributed by atoms with Gasteiger partial charge in [-0.3, -0.25) is 4.79 Å². The second kappa shape index (κ2) is 8.36. The van der Waals surface area contributed by atoms with Gasteiger partial charge in [-0.2, -0.15) is 18.2 Å². The Morgan fingerprint density at radius 2 is 1.68 bits per heavy atom. The van der Waals surface area contributed by atoms with Crippen molar-refractivity contribution >= 4 is 52.1 Å². The molecule has 1 aliphatic carbocycles. The highest BCUT2D eigenvalue weighted by molar-refractivity contribution is 6.42. The fourth-order valence-corrected chi connectivity index (χ4v) is 3.58. The van der Waals surface area contributed by atoms with E-state index in [0.717, 1.165) is 12.1 Å². The number of hydrogen-bond donors (Lipinski definition) is 2. The molecule has 2 aromatic carbocycles. The summed E-state index contributed by atoms with van der Waals surface area (Å²) in [5.41, 5.74) is 0.839. The lowest BCUT2D eigenvalue weighted by atomic mass is 9.95. The summed E-state index contributed by atoms with van der Waals surface area (Å²) in [6.45, 7) is 0. The van der Waals surface area contributed by atoms with Crippen molar-refractivity contribution in [1.29, 1.82) is 0 Å². The van der Waals surface area contributed by atoms with Gasteiger partial charge in [0, 0.05) is 17.8 Å². The maximum atomic E-state index is 13.0. The summed E-state index contributed by atoms with van der Waals surface area (Å²) in [6, 6.07) is 9.59. The topological polar surface area (TPSA) is 66.9 Å². The summed E-state index contributed by atoms with van der Waals surface area (Å²) >= 11 is 12.0. The van der Waals surface area contributed by atoms with Crippen molar-refractivity contribution in [3.63, 3.8) is 0 Å². The number of nitrogens with one attached hydrogen (secondary N) is 2. The molecule has 2 N–H and O–H groups in total. The standard InChI is InChI=1S/C21H15Cl2F3N4O/c22-14-8-7-13(10-15(14)23)27-19-18-16(5-2-6-17(18)31)29-20(30-19)28-12-4-1-3-11(9-12)21(24,25)26/h1,3-4,7-10H,2,5-6H2,(H2,27,28,29,30). The molecule has 1 aliphatic rings. The lowest BCUT2D eigenvalue weighted by molar-refractivity contribution is -0.137. The third kappa shape index (κ3) is 4.75. The van der Waals surface area contributed by atoms with Crippen LogP contribution in [0, 0.1) is 0 Å². The van der Waals surface area contributed by atoms with Gasteiger partial charge in [0.1, 0.15) is 5.82 Å². The number of nitrogens with zero attached hydrogens (tertiary/aromatic N) is 2. The molecule has 1 aromatic heterocycles. The number of rotatable bonds is 4. The zero-order valence-corrected chi connectivity index (χ0v) is 17.4. The molecule has 0 fully saturated rings. The molecule has 0 radical (unpaired) electrons. The first-order valence-electron chi connectivity index (χ1n) is 9.31. The van der Waals surface area contributed by atoms with Crippen LogP contribution >= 0.6 is 23.2 Å². The molecule has 0 unspecified atom stereocenters. The van der Waals surface area contributed by atoms with Gasteiger partial charge in [-0.1, -0.05) is 29.3 Å². The Balaban J connectivity index is 1.72. The molecule has 0 amide bonds. The van der Waals surface area contributed by atoms with E-state index in [1.165, 1.54) is 12.1 Å². The summed E-state index contributed by atoms with van der Waals surface area (Å²) in [5.74, 6) is 0.229. The van der Waals surface area contributed by atoms with Crippen LogP contribution in [-0.2, 0) is 12.6 Å². The number of carbonyl (C=O) groups is 1. The smallest absolute Gasteiger partial charge is 0.339 e. The van der Waals surface area contributed by atoms with Gasteiger partial charge in [-0.05, 0) is 49.2 Å². The second-order valence-corrected chi connectivity index (χ2v) is 7.77. The van der Waals surface area contributed by atoms with E-state index in [1.54, 1.807) is 18.2 Å². The van der Waals surface area contributed by atoms with Crippen molar-refractivity contribution < 1.29 is 18.0 Å². The van der Waals surface area contributed by atoms with E-state index in [4.69, 9.17) is 23.2 Å². The van der Waals surface area contributed by atoms with Crippen LogP contribution in [0.2, 0.25) is 10.0 Å². The fourth-order valence-electron chi connectivity index (χ4n) is 3.28. The monoisotopic (exact) mass is 466 g/mol. The third-order valence-electron chi connectivity index (χ3n) is 4.71. The largest absolute Gasteiger partial charge is 0.416 e. The lowest BCUT2D eigenvalue weighted by Crippen LogP contribution is -2.18. The fraction of sp³-hybridized carbons (Fsp3) is 0.190. The van der Waals surface area contributed by atoms with E-state index in [-0.39, 0.29) is 23.2 Å². The molecule has 0 spiro atoms. The molecule has 5 nitrogen and oxygen atoms in total. The summed E-state index contributed by atoms with van der Waals surface area (Å²) in [6.07, 6.45) is -2.91. The highest BCUT2D eigenvalue weighted by Crippen LogP contribution is 2.33. The van der Waals surface area contributed by atoms with Crippen LogP contribution in [0.4, 0.5) is 36.3 Å². The van der Waals surface area contributed by atoms with Crippen LogP contribution < -0.4 is 10.6 Å². The molecular weight excluding hydrogens is 452 g/mol. The van der Waals surface area contributed by atoms with Crippen LogP contribution in [0.3, 0.4) is 0 Å². The minimum absolute atomic E-state index is 0.0790. The Kier molecular flexibility index (Phi) is 5.77. The Morgan fingerprint density at radius 3 is 2.42 bits per heavy atom. The molecule has 4 rings (SSSR count). The first-order valence-corrected chi connectivity index (χ1v) is 10.1. The molecule has 0 atom stereocenters. The predicted molar refractivity (Wildman–Crippen MR) is 114 cm³/mol. The number of hydrogen-bond acceptors (Lipinski definition) is 5. The molecule has 0 aliphatic heterocycles. The molecule has 10 heteroatoms.